The lowest BCUT2D eigenvalue weighted by atomic mass is 10.1. The number of nitro benzene ring substituents is 1. The number of benzene rings is 3. The third-order valence-corrected chi connectivity index (χ3v) is 4.70. The van der Waals surface area contributed by atoms with Crippen molar-refractivity contribution >= 4 is 23.2 Å². The number of carbonyl (C=O) groups excluding carboxylic acids is 2. The van der Waals surface area contributed by atoms with Crippen LogP contribution in [0.25, 0.3) is 0 Å². The van der Waals surface area contributed by atoms with E-state index in [1.807, 2.05) is 30.3 Å². The van der Waals surface area contributed by atoms with Gasteiger partial charge in [0.25, 0.3) is 17.5 Å². The first-order valence-electron chi connectivity index (χ1n) is 10.1. The number of nitro groups is 1. The number of nitrogens with one attached hydrogen (secondary N) is 2. The number of anilines is 1. The van der Waals surface area contributed by atoms with Gasteiger partial charge in [-0.2, -0.15) is 0 Å². The minimum atomic E-state index is -0.884. The van der Waals surface area contributed by atoms with E-state index in [0.29, 0.717) is 30.0 Å². The van der Waals surface area contributed by atoms with Crippen LogP contribution in [-0.4, -0.2) is 29.4 Å². The van der Waals surface area contributed by atoms with Crippen LogP contribution in [0.5, 0.6) is 5.75 Å². The van der Waals surface area contributed by atoms with Crippen LogP contribution in [0.15, 0.2) is 78.9 Å². The number of non-ortho nitro benzene ring substituents is 1. The van der Waals surface area contributed by atoms with Gasteiger partial charge in [-0.25, -0.2) is 0 Å². The molecule has 8 nitrogen and oxygen atoms in total. The summed E-state index contributed by atoms with van der Waals surface area (Å²) in [5.74, 6) is -0.418. The summed E-state index contributed by atoms with van der Waals surface area (Å²) in [6, 6.07) is 22.0. The van der Waals surface area contributed by atoms with E-state index in [1.54, 1.807) is 31.2 Å². The molecule has 8 heteroatoms. The van der Waals surface area contributed by atoms with Crippen molar-refractivity contribution in [1.82, 2.24) is 5.32 Å². The summed E-state index contributed by atoms with van der Waals surface area (Å²) in [5.41, 5.74) is 1.76. The molecule has 1 atom stereocenters. The number of carbonyl (C=O) groups is 2. The smallest absolute Gasteiger partial charge is 0.269 e. The maximum atomic E-state index is 12.6. The van der Waals surface area contributed by atoms with E-state index in [0.717, 1.165) is 5.56 Å². The molecule has 0 aliphatic heterocycles. The summed E-state index contributed by atoms with van der Waals surface area (Å²) in [5, 5.41) is 16.3. The van der Waals surface area contributed by atoms with Gasteiger partial charge in [0, 0.05) is 18.7 Å². The predicted octanol–water partition coefficient (Wildman–Crippen LogP) is 3.97. The lowest BCUT2D eigenvalue weighted by molar-refractivity contribution is -0.384. The van der Waals surface area contributed by atoms with Crippen molar-refractivity contribution in [3.63, 3.8) is 0 Å². The highest BCUT2D eigenvalue weighted by Gasteiger charge is 2.19. The normalized spacial score (nSPS) is 11.3. The average molecular weight is 433 g/mol. The number of ether oxygens (including phenoxy) is 1. The van der Waals surface area contributed by atoms with Crippen molar-refractivity contribution in [3.05, 3.63) is 100 Å². The van der Waals surface area contributed by atoms with Crippen LogP contribution in [-0.2, 0) is 11.2 Å². The van der Waals surface area contributed by atoms with Gasteiger partial charge in [-0.3, -0.25) is 19.7 Å². The molecule has 0 saturated carbocycles. The Bertz CT molecular complexity index is 1080. The van der Waals surface area contributed by atoms with Crippen LogP contribution in [0.2, 0.25) is 0 Å². The summed E-state index contributed by atoms with van der Waals surface area (Å²) in [7, 11) is 0. The maximum Gasteiger partial charge on any atom is 0.269 e. The molecule has 3 rings (SSSR count). The fourth-order valence-corrected chi connectivity index (χ4v) is 2.99. The SMILES string of the molecule is C[C@H](Oc1ccc([N+](=O)[O-])cc1)C(=O)Nc1ccccc1C(=O)NCCc1ccccc1. The Hall–Kier alpha value is -4.20. The number of rotatable bonds is 9. The van der Waals surface area contributed by atoms with Gasteiger partial charge in [0.15, 0.2) is 6.10 Å². The highest BCUT2D eigenvalue weighted by atomic mass is 16.6. The van der Waals surface area contributed by atoms with Gasteiger partial charge in [-0.15, -0.1) is 0 Å². The molecule has 3 aromatic carbocycles. The third-order valence-electron chi connectivity index (χ3n) is 4.70. The Balaban J connectivity index is 1.58. The summed E-state index contributed by atoms with van der Waals surface area (Å²) < 4.78 is 5.56. The van der Waals surface area contributed by atoms with Crippen LogP contribution < -0.4 is 15.4 Å². The van der Waals surface area contributed by atoms with Crippen LogP contribution in [0, 0.1) is 10.1 Å². The van der Waals surface area contributed by atoms with E-state index in [-0.39, 0.29) is 11.6 Å². The van der Waals surface area contributed by atoms with Crippen LogP contribution >= 0.6 is 0 Å². The first-order chi connectivity index (χ1) is 15.4. The van der Waals surface area contributed by atoms with E-state index in [2.05, 4.69) is 10.6 Å². The molecule has 164 valence electrons. The number of hydrogen-bond acceptors (Lipinski definition) is 5. The van der Waals surface area contributed by atoms with Crippen molar-refractivity contribution in [2.75, 3.05) is 11.9 Å². The third kappa shape index (κ3) is 6.15. The molecule has 0 heterocycles. The summed E-state index contributed by atoms with van der Waals surface area (Å²) >= 11 is 0. The second kappa shape index (κ2) is 10.7. The largest absolute Gasteiger partial charge is 0.481 e. The van der Waals surface area contributed by atoms with Crippen molar-refractivity contribution < 1.29 is 19.2 Å². The molecule has 0 aliphatic carbocycles. The highest BCUT2D eigenvalue weighted by Crippen LogP contribution is 2.20. The van der Waals surface area contributed by atoms with Crippen molar-refractivity contribution in [2.24, 2.45) is 0 Å². The number of hydrogen-bond donors (Lipinski definition) is 2. The van der Waals surface area contributed by atoms with Crippen molar-refractivity contribution in [3.8, 4) is 5.75 Å². The Kier molecular flexibility index (Phi) is 7.53. The molecule has 0 fully saturated rings. The van der Waals surface area contributed by atoms with E-state index in [9.17, 15) is 19.7 Å². The van der Waals surface area contributed by atoms with Crippen LogP contribution in [0.1, 0.15) is 22.8 Å². The van der Waals surface area contributed by atoms with Gasteiger partial charge < -0.3 is 15.4 Å². The molecule has 0 saturated heterocycles. The van der Waals surface area contributed by atoms with Gasteiger partial charge in [0.1, 0.15) is 5.75 Å². The van der Waals surface area contributed by atoms with E-state index in [4.69, 9.17) is 4.74 Å². The molecular formula is C24H23N3O5. The zero-order valence-corrected chi connectivity index (χ0v) is 17.5. The molecule has 0 bridgehead atoms. The van der Waals surface area contributed by atoms with E-state index < -0.39 is 16.9 Å². The van der Waals surface area contributed by atoms with Gasteiger partial charge in [-0.1, -0.05) is 42.5 Å². The zero-order valence-electron chi connectivity index (χ0n) is 17.5. The Morgan fingerprint density at radius 1 is 0.969 bits per heavy atom. The zero-order chi connectivity index (χ0) is 22.9. The van der Waals surface area contributed by atoms with E-state index in [1.165, 1.54) is 24.3 Å². The minimum Gasteiger partial charge on any atom is -0.481 e. The highest BCUT2D eigenvalue weighted by molar-refractivity contribution is 6.04. The molecule has 0 aliphatic rings. The molecule has 2 amide bonds. The molecule has 0 unspecified atom stereocenters. The number of nitrogens with zero attached hydrogens (tertiary/aromatic N) is 1. The van der Waals surface area contributed by atoms with Crippen molar-refractivity contribution in [1.29, 1.82) is 0 Å². The second-order valence-electron chi connectivity index (χ2n) is 7.04. The fourth-order valence-electron chi connectivity index (χ4n) is 2.99. The lowest BCUT2D eigenvalue weighted by Gasteiger charge is -2.16. The van der Waals surface area contributed by atoms with Crippen LogP contribution in [0.4, 0.5) is 11.4 Å². The minimum absolute atomic E-state index is 0.0679. The fraction of sp³-hybridized carbons (Fsp3) is 0.167. The van der Waals surface area contributed by atoms with Gasteiger partial charge in [0.2, 0.25) is 0 Å². The molecule has 2 N–H and O–H groups in total. The quantitative estimate of drug-likeness (QED) is 0.392. The Morgan fingerprint density at radius 3 is 2.31 bits per heavy atom. The Morgan fingerprint density at radius 2 is 1.62 bits per heavy atom. The number of para-hydroxylation sites is 1. The standard InChI is InChI=1S/C24H23N3O5/c1-17(32-20-13-11-19(12-14-20)27(30)31)23(28)26-22-10-6-5-9-21(22)24(29)25-16-15-18-7-3-2-4-8-18/h2-14,17H,15-16H2,1H3,(H,25,29)(H,26,28)/t17-/m0/s1. The van der Waals surface area contributed by atoms with E-state index >= 15 is 0 Å². The van der Waals surface area contributed by atoms with Crippen LogP contribution in [0.3, 0.4) is 0 Å². The average Bonchev–Trinajstić information content (AvgIpc) is 2.80. The monoisotopic (exact) mass is 433 g/mol. The summed E-state index contributed by atoms with van der Waals surface area (Å²) in [4.78, 5) is 35.5. The molecule has 0 aromatic heterocycles. The maximum absolute atomic E-state index is 12.6. The lowest BCUT2D eigenvalue weighted by Crippen LogP contribution is -2.32. The molecule has 0 spiro atoms. The first kappa shape index (κ1) is 22.5. The molecule has 0 radical (unpaired) electrons. The second-order valence-corrected chi connectivity index (χ2v) is 7.04. The van der Waals surface area contributed by atoms with Gasteiger partial charge in [-0.05, 0) is 43.2 Å². The molecule has 32 heavy (non-hydrogen) atoms. The van der Waals surface area contributed by atoms with Gasteiger partial charge in [0.05, 0.1) is 16.2 Å². The molecular weight excluding hydrogens is 410 g/mol. The number of amides is 2. The van der Waals surface area contributed by atoms with Gasteiger partial charge >= 0.3 is 0 Å². The first-order valence-corrected chi connectivity index (χ1v) is 10.1. The summed E-state index contributed by atoms with van der Waals surface area (Å²) in [6.07, 6.45) is -0.188. The topological polar surface area (TPSA) is 111 Å². The summed E-state index contributed by atoms with van der Waals surface area (Å²) in [6.45, 7) is 2.02. The predicted molar refractivity (Wildman–Crippen MR) is 121 cm³/mol. The Labute approximate surface area is 185 Å². The molecule has 3 aromatic rings. The van der Waals surface area contributed by atoms with Crippen molar-refractivity contribution in [2.45, 2.75) is 19.4 Å².